The Hall–Kier alpha value is -1.66. The van der Waals surface area contributed by atoms with Crippen LogP contribution in [0.15, 0.2) is 17.5 Å². The van der Waals surface area contributed by atoms with Gasteiger partial charge < -0.3 is 10.4 Å². The molecule has 0 bridgehead atoms. The first kappa shape index (κ1) is 12.8. The molecule has 2 aromatic rings. The van der Waals surface area contributed by atoms with Crippen LogP contribution in [0.1, 0.15) is 30.5 Å². The number of carboxylic acids is 1. The van der Waals surface area contributed by atoms with Crippen LogP contribution in [0, 0.1) is 13.8 Å². The Balaban J connectivity index is 2.24. The molecule has 0 aromatic carbocycles. The number of carbonyl (C=O) groups excluding carboxylic acids is 1. The van der Waals surface area contributed by atoms with Gasteiger partial charge in [-0.2, -0.15) is 0 Å². The first-order valence-corrected chi connectivity index (χ1v) is 6.88. The van der Waals surface area contributed by atoms with Gasteiger partial charge in [0.1, 0.15) is 5.00 Å². The monoisotopic (exact) mass is 281 g/mol. The maximum Gasteiger partial charge on any atom is 0.338 e. The number of aromatic carboxylic acids is 1. The Bertz CT molecular complexity index is 613. The molecule has 6 heteroatoms. The number of rotatable bonds is 3. The Morgan fingerprint density at radius 2 is 2.00 bits per heavy atom. The lowest BCUT2D eigenvalue weighted by atomic mass is 10.2. The maximum atomic E-state index is 12.0. The van der Waals surface area contributed by atoms with E-state index in [1.807, 2.05) is 19.9 Å². The Morgan fingerprint density at radius 1 is 1.28 bits per heavy atom. The second-order valence-corrected chi connectivity index (χ2v) is 6.13. The first-order valence-electron chi connectivity index (χ1n) is 5.18. The molecule has 94 valence electrons. The number of anilines is 1. The molecular formula is C12H11NO3S2. The summed E-state index contributed by atoms with van der Waals surface area (Å²) in [6.45, 7) is 3.81. The number of nitrogens with one attached hydrogen (secondary N) is 1. The summed E-state index contributed by atoms with van der Waals surface area (Å²) in [5.41, 5.74) is 0.722. The van der Waals surface area contributed by atoms with Gasteiger partial charge in [-0.1, -0.05) is 0 Å². The normalized spacial score (nSPS) is 10.3. The van der Waals surface area contributed by atoms with Gasteiger partial charge in [-0.25, -0.2) is 4.79 Å². The van der Waals surface area contributed by atoms with E-state index in [2.05, 4.69) is 5.32 Å². The molecule has 2 aromatic heterocycles. The quantitative estimate of drug-likeness (QED) is 0.906. The van der Waals surface area contributed by atoms with E-state index >= 15 is 0 Å². The predicted octanol–water partition coefficient (Wildman–Crippen LogP) is 3.38. The fraction of sp³-hybridized carbons (Fsp3) is 0.167. The molecule has 0 aliphatic carbocycles. The number of thiophene rings is 2. The van der Waals surface area contributed by atoms with Crippen molar-refractivity contribution in [2.75, 3.05) is 5.32 Å². The Labute approximate surface area is 112 Å². The minimum Gasteiger partial charge on any atom is -0.478 e. The highest BCUT2D eigenvalue weighted by Crippen LogP contribution is 2.26. The molecule has 0 saturated carbocycles. The zero-order chi connectivity index (χ0) is 13.3. The third-order valence-corrected chi connectivity index (χ3v) is 4.20. The van der Waals surface area contributed by atoms with Crippen LogP contribution < -0.4 is 5.32 Å². The highest BCUT2D eigenvalue weighted by molar-refractivity contribution is 7.15. The molecule has 18 heavy (non-hydrogen) atoms. The molecule has 1 amide bonds. The highest BCUT2D eigenvalue weighted by atomic mass is 32.1. The fourth-order valence-corrected chi connectivity index (χ4v) is 3.30. The fourth-order valence-electron chi connectivity index (χ4n) is 1.60. The van der Waals surface area contributed by atoms with Crippen LogP contribution in [0.5, 0.6) is 0 Å². The lowest BCUT2D eigenvalue weighted by molar-refractivity contribution is 0.0698. The summed E-state index contributed by atoms with van der Waals surface area (Å²) < 4.78 is 0. The second-order valence-electron chi connectivity index (χ2n) is 3.75. The number of amides is 1. The molecule has 0 saturated heterocycles. The second kappa shape index (κ2) is 4.91. The predicted molar refractivity (Wildman–Crippen MR) is 73.0 cm³/mol. The summed E-state index contributed by atoms with van der Waals surface area (Å²) in [5, 5.41) is 13.6. The third-order valence-electron chi connectivity index (χ3n) is 2.41. The summed E-state index contributed by atoms with van der Waals surface area (Å²) in [5.74, 6) is -1.30. The molecule has 0 atom stereocenters. The number of hydrogen-bond donors (Lipinski definition) is 2. The molecule has 2 rings (SSSR count). The average Bonchev–Trinajstić information content (AvgIpc) is 2.85. The van der Waals surface area contributed by atoms with Gasteiger partial charge >= 0.3 is 5.97 Å². The largest absolute Gasteiger partial charge is 0.478 e. The van der Waals surface area contributed by atoms with E-state index in [4.69, 9.17) is 5.11 Å². The topological polar surface area (TPSA) is 66.4 Å². The zero-order valence-corrected chi connectivity index (χ0v) is 11.4. The minimum absolute atomic E-state index is 0.123. The summed E-state index contributed by atoms with van der Waals surface area (Å²) in [6, 6.07) is 3.29. The van der Waals surface area contributed by atoms with Crippen LogP contribution in [-0.4, -0.2) is 17.0 Å². The molecular weight excluding hydrogens is 270 g/mol. The van der Waals surface area contributed by atoms with Gasteiger partial charge in [0.25, 0.3) is 5.91 Å². The van der Waals surface area contributed by atoms with Crippen molar-refractivity contribution in [3.05, 3.63) is 38.4 Å². The Kier molecular flexibility index (Phi) is 3.49. The number of aryl methyl sites for hydroxylation is 2. The van der Waals surface area contributed by atoms with Gasteiger partial charge in [-0.05, 0) is 31.4 Å². The molecule has 2 heterocycles. The molecule has 0 radical (unpaired) electrons. The van der Waals surface area contributed by atoms with E-state index in [9.17, 15) is 9.59 Å². The van der Waals surface area contributed by atoms with E-state index in [0.29, 0.717) is 10.6 Å². The van der Waals surface area contributed by atoms with Crippen molar-refractivity contribution in [2.24, 2.45) is 0 Å². The highest BCUT2D eigenvalue weighted by Gasteiger charge is 2.17. The molecule has 2 N–H and O–H groups in total. The molecule has 0 aliphatic rings. The van der Waals surface area contributed by atoms with Crippen LogP contribution in [0.4, 0.5) is 5.00 Å². The van der Waals surface area contributed by atoms with Gasteiger partial charge in [0.05, 0.1) is 11.1 Å². The van der Waals surface area contributed by atoms with Crippen LogP contribution in [0.25, 0.3) is 0 Å². The van der Waals surface area contributed by atoms with Gasteiger partial charge in [0, 0.05) is 9.75 Å². The molecule has 0 spiro atoms. The van der Waals surface area contributed by atoms with Crippen LogP contribution >= 0.6 is 22.7 Å². The van der Waals surface area contributed by atoms with E-state index in [1.165, 1.54) is 17.4 Å². The SMILES string of the molecule is Cc1cc(C(=O)Nc2sccc2C(=O)O)c(C)s1. The lowest BCUT2D eigenvalue weighted by Gasteiger charge is -2.03. The van der Waals surface area contributed by atoms with Crippen molar-refractivity contribution >= 4 is 39.6 Å². The lowest BCUT2D eigenvalue weighted by Crippen LogP contribution is -2.13. The summed E-state index contributed by atoms with van der Waals surface area (Å²) in [6.07, 6.45) is 0. The van der Waals surface area contributed by atoms with Gasteiger partial charge in [-0.15, -0.1) is 22.7 Å². The van der Waals surface area contributed by atoms with Crippen molar-refractivity contribution in [1.82, 2.24) is 0 Å². The summed E-state index contributed by atoms with van der Waals surface area (Å²) >= 11 is 2.75. The first-order chi connectivity index (χ1) is 8.49. The van der Waals surface area contributed by atoms with Gasteiger partial charge in [-0.3, -0.25) is 4.79 Å². The van der Waals surface area contributed by atoms with Crippen LogP contribution in [-0.2, 0) is 0 Å². The molecule has 0 unspecified atom stereocenters. The Morgan fingerprint density at radius 3 is 2.56 bits per heavy atom. The molecule has 0 aliphatic heterocycles. The van der Waals surface area contributed by atoms with E-state index in [-0.39, 0.29) is 11.5 Å². The maximum absolute atomic E-state index is 12.0. The number of hydrogen-bond acceptors (Lipinski definition) is 4. The van der Waals surface area contributed by atoms with Crippen molar-refractivity contribution in [3.8, 4) is 0 Å². The van der Waals surface area contributed by atoms with E-state index < -0.39 is 5.97 Å². The van der Waals surface area contributed by atoms with Crippen molar-refractivity contribution in [2.45, 2.75) is 13.8 Å². The number of carbonyl (C=O) groups is 2. The summed E-state index contributed by atoms with van der Waals surface area (Å²) in [4.78, 5) is 24.9. The van der Waals surface area contributed by atoms with Crippen molar-refractivity contribution < 1.29 is 14.7 Å². The number of carboxylic acid groups (broad SMARTS) is 1. The van der Waals surface area contributed by atoms with E-state index in [1.54, 1.807) is 16.7 Å². The standard InChI is InChI=1S/C12H11NO3S2/c1-6-5-9(7(2)18-6)10(14)13-11-8(12(15)16)3-4-17-11/h3-5H,1-2H3,(H,13,14)(H,15,16). The smallest absolute Gasteiger partial charge is 0.338 e. The summed E-state index contributed by atoms with van der Waals surface area (Å²) in [7, 11) is 0. The third kappa shape index (κ3) is 2.44. The van der Waals surface area contributed by atoms with Crippen molar-refractivity contribution in [3.63, 3.8) is 0 Å². The molecule has 4 nitrogen and oxygen atoms in total. The molecule has 0 fully saturated rings. The zero-order valence-electron chi connectivity index (χ0n) is 9.81. The van der Waals surface area contributed by atoms with Crippen LogP contribution in [0.3, 0.4) is 0 Å². The van der Waals surface area contributed by atoms with Crippen LogP contribution in [0.2, 0.25) is 0 Å². The van der Waals surface area contributed by atoms with Gasteiger partial charge in [0.15, 0.2) is 0 Å². The van der Waals surface area contributed by atoms with E-state index in [0.717, 1.165) is 9.75 Å². The average molecular weight is 281 g/mol. The van der Waals surface area contributed by atoms with Gasteiger partial charge in [0.2, 0.25) is 0 Å². The minimum atomic E-state index is -1.04. The van der Waals surface area contributed by atoms with Crippen molar-refractivity contribution in [1.29, 1.82) is 0 Å².